The van der Waals surface area contributed by atoms with Gasteiger partial charge in [0.1, 0.15) is 5.75 Å². The fraction of sp³-hybridized carbons (Fsp3) is 0.143. The molecular weight excluding hydrogens is 537 g/mol. The van der Waals surface area contributed by atoms with Crippen molar-refractivity contribution in [3.63, 3.8) is 0 Å². The average Bonchev–Trinajstić information content (AvgIpc) is 3.09. The van der Waals surface area contributed by atoms with Gasteiger partial charge in [0.15, 0.2) is 23.3 Å². The van der Waals surface area contributed by atoms with Gasteiger partial charge >= 0.3 is 0 Å². The van der Waals surface area contributed by atoms with Gasteiger partial charge in [0, 0.05) is 20.2 Å². The number of nitrogens with zero attached hydrogens (tertiary/aromatic N) is 1. The minimum atomic E-state index is -2.20. The van der Waals surface area contributed by atoms with Crippen molar-refractivity contribution in [3.8, 4) is 5.75 Å². The number of ether oxygens (including phenoxy) is 1. The molecule has 0 saturated heterocycles. The van der Waals surface area contributed by atoms with E-state index in [1.54, 1.807) is 29.2 Å². The predicted molar refractivity (Wildman–Crippen MR) is 107 cm³/mol. The van der Waals surface area contributed by atoms with Crippen LogP contribution in [0.3, 0.4) is 0 Å². The zero-order valence-corrected chi connectivity index (χ0v) is 18.0. The number of benzene rings is 3. The first-order chi connectivity index (χ1) is 14.3. The van der Waals surface area contributed by atoms with Crippen LogP contribution in [-0.4, -0.2) is 0 Å². The molecule has 3 aromatic carbocycles. The van der Waals surface area contributed by atoms with E-state index in [-0.39, 0.29) is 0 Å². The molecule has 5 rings (SSSR count). The van der Waals surface area contributed by atoms with Crippen molar-refractivity contribution in [3.05, 3.63) is 91.1 Å². The molecular formula is C21H10Br2F5NO. The predicted octanol–water partition coefficient (Wildman–Crippen LogP) is 7.10. The van der Waals surface area contributed by atoms with Crippen LogP contribution in [0.5, 0.6) is 5.75 Å². The molecule has 0 unspecified atom stereocenters. The maximum Gasteiger partial charge on any atom is 0.205 e. The summed E-state index contributed by atoms with van der Waals surface area (Å²) in [7, 11) is 0. The third-order valence-electron chi connectivity index (χ3n) is 5.39. The zero-order chi connectivity index (χ0) is 21.3. The molecule has 0 aliphatic carbocycles. The Labute approximate surface area is 184 Å². The lowest BCUT2D eigenvalue weighted by atomic mass is 9.98. The number of hydrogen-bond donors (Lipinski definition) is 0. The van der Waals surface area contributed by atoms with Crippen LogP contribution in [0.15, 0.2) is 45.3 Å². The Morgan fingerprint density at radius 2 is 1.40 bits per heavy atom. The molecule has 154 valence electrons. The second-order valence-corrected chi connectivity index (χ2v) is 8.87. The van der Waals surface area contributed by atoms with Crippen molar-refractivity contribution in [1.29, 1.82) is 0 Å². The molecule has 3 aromatic rings. The minimum absolute atomic E-state index is 0.312. The van der Waals surface area contributed by atoms with E-state index in [1.165, 1.54) is 0 Å². The lowest BCUT2D eigenvalue weighted by Crippen LogP contribution is -2.39. The van der Waals surface area contributed by atoms with E-state index in [1.807, 2.05) is 12.1 Å². The monoisotopic (exact) mass is 545 g/mol. The summed E-state index contributed by atoms with van der Waals surface area (Å²) in [5, 5.41) is 0. The van der Waals surface area contributed by atoms with E-state index < -0.39 is 46.9 Å². The van der Waals surface area contributed by atoms with Crippen LogP contribution in [0.25, 0.3) is 0 Å². The van der Waals surface area contributed by atoms with Crippen LogP contribution < -0.4 is 9.64 Å². The van der Waals surface area contributed by atoms with E-state index in [2.05, 4.69) is 31.9 Å². The number of anilines is 1. The summed E-state index contributed by atoms with van der Waals surface area (Å²) in [4.78, 5) is 1.57. The van der Waals surface area contributed by atoms with E-state index in [0.29, 0.717) is 22.3 Å². The van der Waals surface area contributed by atoms with Gasteiger partial charge in [-0.05, 0) is 42.3 Å². The largest absolute Gasteiger partial charge is 0.466 e. The van der Waals surface area contributed by atoms with E-state index in [9.17, 15) is 22.0 Å². The van der Waals surface area contributed by atoms with Crippen molar-refractivity contribution in [1.82, 2.24) is 0 Å². The number of hydrogen-bond acceptors (Lipinski definition) is 2. The molecule has 2 nitrogen and oxygen atoms in total. The Hall–Kier alpha value is -2.13. The molecule has 2 aliphatic rings. The molecule has 0 amide bonds. The Kier molecular flexibility index (Phi) is 4.59. The van der Waals surface area contributed by atoms with Crippen molar-refractivity contribution >= 4 is 37.5 Å². The third kappa shape index (κ3) is 2.78. The van der Waals surface area contributed by atoms with Gasteiger partial charge in [-0.15, -0.1) is 0 Å². The Bertz CT molecular complexity index is 1190. The molecule has 2 heterocycles. The highest BCUT2D eigenvalue weighted by molar-refractivity contribution is 9.10. The molecule has 9 heteroatoms. The van der Waals surface area contributed by atoms with Crippen molar-refractivity contribution in [2.75, 3.05) is 4.90 Å². The third-order valence-corrected chi connectivity index (χ3v) is 6.37. The highest BCUT2D eigenvalue weighted by Gasteiger charge is 2.45. The summed E-state index contributed by atoms with van der Waals surface area (Å²) in [5.74, 6) is -9.70. The summed E-state index contributed by atoms with van der Waals surface area (Å²) >= 11 is 6.72. The van der Waals surface area contributed by atoms with Gasteiger partial charge in [-0.25, -0.2) is 22.0 Å². The topological polar surface area (TPSA) is 12.5 Å². The highest BCUT2D eigenvalue weighted by Crippen LogP contribution is 2.53. The number of fused-ring (bicyclic) bond motifs is 5. The quantitative estimate of drug-likeness (QED) is 0.183. The van der Waals surface area contributed by atoms with Crippen LogP contribution in [0.1, 0.15) is 29.0 Å². The Morgan fingerprint density at radius 1 is 0.800 bits per heavy atom. The minimum Gasteiger partial charge on any atom is -0.466 e. The lowest BCUT2D eigenvalue weighted by molar-refractivity contribution is 0.154. The van der Waals surface area contributed by atoms with Crippen LogP contribution in [-0.2, 0) is 6.42 Å². The summed E-state index contributed by atoms with van der Waals surface area (Å²) < 4.78 is 78.3. The molecule has 2 atom stereocenters. The first-order valence-corrected chi connectivity index (χ1v) is 10.4. The van der Waals surface area contributed by atoms with Gasteiger partial charge in [0.2, 0.25) is 12.0 Å². The van der Waals surface area contributed by atoms with E-state index >= 15 is 0 Å². The van der Waals surface area contributed by atoms with Crippen molar-refractivity contribution < 1.29 is 26.7 Å². The summed E-state index contributed by atoms with van der Waals surface area (Å²) in [6.07, 6.45) is -1.05. The van der Waals surface area contributed by atoms with Crippen molar-refractivity contribution in [2.45, 2.75) is 18.7 Å². The second kappa shape index (κ2) is 6.95. The Morgan fingerprint density at radius 3 is 2.10 bits per heavy atom. The first-order valence-electron chi connectivity index (χ1n) is 8.82. The van der Waals surface area contributed by atoms with Crippen LogP contribution >= 0.6 is 31.9 Å². The van der Waals surface area contributed by atoms with Gasteiger partial charge < -0.3 is 9.64 Å². The summed E-state index contributed by atoms with van der Waals surface area (Å²) in [6, 6.07) is 10.2. The highest BCUT2D eigenvalue weighted by atomic mass is 79.9. The molecule has 0 spiro atoms. The molecule has 30 heavy (non-hydrogen) atoms. The first kappa shape index (κ1) is 19.8. The van der Waals surface area contributed by atoms with Gasteiger partial charge in [-0.3, -0.25) is 0 Å². The molecule has 0 bridgehead atoms. The van der Waals surface area contributed by atoms with Crippen LogP contribution in [0.4, 0.5) is 27.6 Å². The molecule has 0 aromatic heterocycles. The average molecular weight is 547 g/mol. The normalized spacial score (nSPS) is 19.2. The fourth-order valence-electron chi connectivity index (χ4n) is 4.09. The molecule has 0 N–H and O–H groups in total. The maximum absolute atomic E-state index is 14.7. The lowest BCUT2D eigenvalue weighted by Gasteiger charge is -2.41. The van der Waals surface area contributed by atoms with E-state index in [0.717, 1.165) is 15.6 Å². The molecule has 0 radical (unpaired) electrons. The van der Waals surface area contributed by atoms with Gasteiger partial charge in [0.05, 0.1) is 11.6 Å². The van der Waals surface area contributed by atoms with Crippen molar-refractivity contribution in [2.24, 2.45) is 0 Å². The SMILES string of the molecule is Fc1c(F)c(F)c([C@@H]2Oc3cc(Br)ccc3[C@H]3Cc4cc(Br)ccc4N32)c(F)c1F. The van der Waals surface area contributed by atoms with Gasteiger partial charge in [-0.1, -0.05) is 37.9 Å². The summed E-state index contributed by atoms with van der Waals surface area (Å²) in [5.41, 5.74) is 1.21. The fourth-order valence-corrected chi connectivity index (χ4v) is 4.84. The smallest absolute Gasteiger partial charge is 0.205 e. The molecule has 0 fully saturated rings. The maximum atomic E-state index is 14.7. The van der Waals surface area contributed by atoms with Gasteiger partial charge in [-0.2, -0.15) is 0 Å². The Balaban J connectivity index is 1.77. The molecule has 0 saturated carbocycles. The van der Waals surface area contributed by atoms with Crippen LogP contribution in [0, 0.1) is 29.1 Å². The number of rotatable bonds is 1. The van der Waals surface area contributed by atoms with E-state index in [4.69, 9.17) is 4.74 Å². The second-order valence-electron chi connectivity index (χ2n) is 7.04. The molecule has 2 aliphatic heterocycles. The van der Waals surface area contributed by atoms with Gasteiger partial charge in [0.25, 0.3) is 0 Å². The summed E-state index contributed by atoms with van der Waals surface area (Å²) in [6.45, 7) is 0. The number of halogens is 7. The van der Waals surface area contributed by atoms with Crippen LogP contribution in [0.2, 0.25) is 0 Å². The zero-order valence-electron chi connectivity index (χ0n) is 14.8. The standard InChI is InChI=1S/C21H10Br2F5NO/c22-9-2-4-12-8(5-9)6-13-11-3-1-10(23)7-14(11)30-21(29(12)13)15-16(24)18(26)20(28)19(27)17(15)25/h1-5,7,13,21H,6H2/t13-,21+/m1/s1.